The van der Waals surface area contributed by atoms with E-state index >= 15 is 0 Å². The first-order valence-electron chi connectivity index (χ1n) is 26.1. The molecule has 3 atom stereocenters. The van der Waals surface area contributed by atoms with Crippen molar-refractivity contribution < 1.29 is 24.5 Å². The van der Waals surface area contributed by atoms with Gasteiger partial charge in [-0.3, -0.25) is 9.59 Å². The second kappa shape index (κ2) is 48.6. The number of carbonyl (C=O) groups is 2. The van der Waals surface area contributed by atoms with Crippen molar-refractivity contribution in [1.29, 1.82) is 0 Å². The Hall–Kier alpha value is -2.44. The van der Waals surface area contributed by atoms with Crippen molar-refractivity contribution in [2.75, 3.05) is 6.61 Å². The third-order valence-electron chi connectivity index (χ3n) is 11.7. The molecule has 0 radical (unpaired) electrons. The normalized spacial score (nSPS) is 13.7. The molecular weight excluding hydrogens is 755 g/mol. The van der Waals surface area contributed by atoms with Gasteiger partial charge in [-0.1, -0.05) is 229 Å². The van der Waals surface area contributed by atoms with Crippen molar-refractivity contribution >= 4 is 11.9 Å². The first-order valence-corrected chi connectivity index (χ1v) is 26.1. The largest absolute Gasteiger partial charge is 0.462 e. The minimum atomic E-state index is -0.801. The van der Waals surface area contributed by atoms with Crippen LogP contribution in [0.25, 0.3) is 0 Å². The first-order chi connectivity index (χ1) is 30.0. The smallest absolute Gasteiger partial charge is 0.306 e. The van der Waals surface area contributed by atoms with Crippen LogP contribution in [-0.2, 0) is 14.3 Å². The second-order valence-corrected chi connectivity index (χ2v) is 17.7. The standard InChI is InChI=1S/C55H99NO5/c1-4-7-10-13-16-19-22-24-26-28-29-32-34-37-40-43-46-51(61-55(60)48-45-42-39-36-31-21-18-15-12-9-6-3)49-54(59)56-52(50-57)53(58)47-44-41-38-35-33-30-27-25-23-20-17-14-11-8-5-2/h15-16,18-19,22,24,26,28-29,32,51-53,57-58H,4-14,17,20-21,23,25,27,30-31,33-50H2,1-3H3,(H,56,59)/b18-15-,19-16+,24-22+,28-26+,32-29+. The van der Waals surface area contributed by atoms with E-state index in [4.69, 9.17) is 4.74 Å². The van der Waals surface area contributed by atoms with Gasteiger partial charge in [-0.25, -0.2) is 0 Å². The molecule has 0 saturated heterocycles. The zero-order chi connectivity index (χ0) is 44.5. The Morgan fingerprint density at radius 3 is 1.41 bits per heavy atom. The fraction of sp³-hybridized carbons (Fsp3) is 0.782. The van der Waals surface area contributed by atoms with E-state index in [0.29, 0.717) is 19.3 Å². The molecule has 0 aromatic heterocycles. The number of amides is 1. The van der Waals surface area contributed by atoms with Crippen LogP contribution < -0.4 is 5.32 Å². The predicted molar refractivity (Wildman–Crippen MR) is 264 cm³/mol. The number of allylic oxidation sites excluding steroid dienone is 10. The molecule has 354 valence electrons. The van der Waals surface area contributed by atoms with Crippen LogP contribution in [0.5, 0.6) is 0 Å². The SMILES string of the molecule is CCCC/C=C\CCCCCCCC(=O)OC(CCCCC/C=C/C=C/C=C/C=C/CCCCC)CC(=O)NC(CO)C(O)CCCCCCCCCCCCCCCCC. The summed E-state index contributed by atoms with van der Waals surface area (Å²) in [5.41, 5.74) is 0. The average Bonchev–Trinajstić information content (AvgIpc) is 3.25. The summed E-state index contributed by atoms with van der Waals surface area (Å²) in [4.78, 5) is 26.1. The van der Waals surface area contributed by atoms with Crippen LogP contribution in [0.1, 0.15) is 252 Å². The molecule has 0 bridgehead atoms. The number of aliphatic hydroxyl groups excluding tert-OH is 2. The summed E-state index contributed by atoms with van der Waals surface area (Å²) in [5, 5.41) is 23.8. The van der Waals surface area contributed by atoms with Crippen molar-refractivity contribution in [2.24, 2.45) is 0 Å². The summed E-state index contributed by atoms with van der Waals surface area (Å²) in [7, 11) is 0. The molecule has 0 aliphatic rings. The van der Waals surface area contributed by atoms with Crippen LogP contribution in [0.3, 0.4) is 0 Å². The molecule has 6 heteroatoms. The van der Waals surface area contributed by atoms with E-state index in [1.807, 2.05) is 6.08 Å². The molecule has 0 spiro atoms. The average molecular weight is 854 g/mol. The van der Waals surface area contributed by atoms with Gasteiger partial charge in [0, 0.05) is 6.42 Å². The van der Waals surface area contributed by atoms with Crippen LogP contribution >= 0.6 is 0 Å². The van der Waals surface area contributed by atoms with Gasteiger partial charge in [-0.15, -0.1) is 0 Å². The molecular formula is C55H99NO5. The number of esters is 1. The molecule has 0 heterocycles. The lowest BCUT2D eigenvalue weighted by molar-refractivity contribution is -0.151. The molecule has 1 amide bonds. The maximum atomic E-state index is 13.2. The fourth-order valence-corrected chi connectivity index (χ4v) is 7.66. The summed E-state index contributed by atoms with van der Waals surface area (Å²) in [6, 6.07) is -0.717. The summed E-state index contributed by atoms with van der Waals surface area (Å²) < 4.78 is 5.91. The van der Waals surface area contributed by atoms with Crippen LogP contribution in [0, 0.1) is 0 Å². The van der Waals surface area contributed by atoms with Crippen LogP contribution in [0.15, 0.2) is 60.8 Å². The molecule has 0 aromatic carbocycles. The molecule has 0 rings (SSSR count). The summed E-state index contributed by atoms with van der Waals surface area (Å²) >= 11 is 0. The first kappa shape index (κ1) is 58.6. The van der Waals surface area contributed by atoms with Crippen molar-refractivity contribution in [3.8, 4) is 0 Å². The Bertz CT molecular complexity index is 1090. The Labute approximate surface area is 378 Å². The molecule has 0 fully saturated rings. The maximum Gasteiger partial charge on any atom is 0.306 e. The highest BCUT2D eigenvalue weighted by Gasteiger charge is 2.24. The third kappa shape index (κ3) is 44.0. The fourth-order valence-electron chi connectivity index (χ4n) is 7.66. The minimum absolute atomic E-state index is 0.0475. The molecule has 3 unspecified atom stereocenters. The summed E-state index contributed by atoms with van der Waals surface area (Å²) in [6.45, 7) is 6.40. The van der Waals surface area contributed by atoms with Gasteiger partial charge in [0.05, 0.1) is 25.2 Å². The number of unbranched alkanes of at least 4 members (excludes halogenated alkanes) is 27. The second-order valence-electron chi connectivity index (χ2n) is 17.7. The highest BCUT2D eigenvalue weighted by atomic mass is 16.5. The van der Waals surface area contributed by atoms with Crippen molar-refractivity contribution in [3.63, 3.8) is 0 Å². The highest BCUT2D eigenvalue weighted by Crippen LogP contribution is 2.17. The third-order valence-corrected chi connectivity index (χ3v) is 11.7. The monoisotopic (exact) mass is 854 g/mol. The molecule has 0 saturated carbocycles. The van der Waals surface area contributed by atoms with Gasteiger partial charge in [0.2, 0.25) is 5.91 Å². The molecule has 0 aliphatic heterocycles. The van der Waals surface area contributed by atoms with E-state index in [1.165, 1.54) is 128 Å². The predicted octanol–water partition coefficient (Wildman–Crippen LogP) is 15.6. The Morgan fingerprint density at radius 2 is 0.869 bits per heavy atom. The number of hydrogen-bond acceptors (Lipinski definition) is 5. The lowest BCUT2D eigenvalue weighted by Crippen LogP contribution is -2.46. The van der Waals surface area contributed by atoms with Gasteiger partial charge in [0.1, 0.15) is 6.10 Å². The number of hydrogen-bond donors (Lipinski definition) is 3. The molecule has 61 heavy (non-hydrogen) atoms. The Balaban J connectivity index is 4.64. The lowest BCUT2D eigenvalue weighted by atomic mass is 10.0. The number of carbonyl (C=O) groups excluding carboxylic acids is 2. The Kier molecular flexibility index (Phi) is 46.6. The van der Waals surface area contributed by atoms with E-state index in [1.54, 1.807) is 0 Å². The topological polar surface area (TPSA) is 95.9 Å². The molecule has 6 nitrogen and oxygen atoms in total. The summed E-state index contributed by atoms with van der Waals surface area (Å²) in [6.07, 6.45) is 59.9. The number of aliphatic hydroxyl groups is 2. The molecule has 0 aromatic rings. The van der Waals surface area contributed by atoms with Crippen LogP contribution in [0.2, 0.25) is 0 Å². The maximum absolute atomic E-state index is 13.2. The summed E-state index contributed by atoms with van der Waals surface area (Å²) in [5.74, 6) is -0.522. The van der Waals surface area contributed by atoms with E-state index in [2.05, 4.69) is 80.8 Å². The number of ether oxygens (including phenoxy) is 1. The van der Waals surface area contributed by atoms with Crippen molar-refractivity contribution in [3.05, 3.63) is 60.8 Å². The number of nitrogens with one attached hydrogen (secondary N) is 1. The van der Waals surface area contributed by atoms with E-state index in [0.717, 1.165) is 77.0 Å². The zero-order valence-corrected chi connectivity index (χ0v) is 40.3. The van der Waals surface area contributed by atoms with Crippen molar-refractivity contribution in [1.82, 2.24) is 5.32 Å². The van der Waals surface area contributed by atoms with E-state index < -0.39 is 18.2 Å². The van der Waals surface area contributed by atoms with Crippen molar-refractivity contribution in [2.45, 2.75) is 270 Å². The lowest BCUT2D eigenvalue weighted by Gasteiger charge is -2.24. The van der Waals surface area contributed by atoms with Gasteiger partial charge in [-0.05, 0) is 70.6 Å². The molecule has 0 aliphatic carbocycles. The zero-order valence-electron chi connectivity index (χ0n) is 40.3. The quantitative estimate of drug-likeness (QED) is 0.0245. The van der Waals surface area contributed by atoms with E-state index in [-0.39, 0.29) is 24.9 Å². The highest BCUT2D eigenvalue weighted by molar-refractivity contribution is 5.77. The molecule has 3 N–H and O–H groups in total. The van der Waals surface area contributed by atoms with Gasteiger partial charge in [-0.2, -0.15) is 0 Å². The van der Waals surface area contributed by atoms with Gasteiger partial charge < -0.3 is 20.3 Å². The van der Waals surface area contributed by atoms with E-state index in [9.17, 15) is 19.8 Å². The van der Waals surface area contributed by atoms with Gasteiger partial charge in [0.15, 0.2) is 0 Å². The Morgan fingerprint density at radius 1 is 0.475 bits per heavy atom. The van der Waals surface area contributed by atoms with Crippen LogP contribution in [0.4, 0.5) is 0 Å². The van der Waals surface area contributed by atoms with Crippen LogP contribution in [-0.4, -0.2) is 46.9 Å². The van der Waals surface area contributed by atoms with Gasteiger partial charge >= 0.3 is 5.97 Å². The number of rotatable bonds is 46. The minimum Gasteiger partial charge on any atom is -0.462 e. The van der Waals surface area contributed by atoms with Gasteiger partial charge in [0.25, 0.3) is 0 Å².